The molecule has 0 spiro atoms. The number of nitrogens with one attached hydrogen (secondary N) is 2. The van der Waals surface area contributed by atoms with Crippen molar-refractivity contribution < 1.29 is 14.3 Å². The largest absolute Gasteiger partial charge is 0.379 e. The Morgan fingerprint density at radius 3 is 2.29 bits per heavy atom. The van der Waals surface area contributed by atoms with Crippen LogP contribution in [0.2, 0.25) is 0 Å². The lowest BCUT2D eigenvalue weighted by atomic mass is 10.0. The number of hydrogen-bond donors (Lipinski definition) is 2. The second kappa shape index (κ2) is 10.6. The van der Waals surface area contributed by atoms with Crippen molar-refractivity contribution in [2.45, 2.75) is 12.5 Å². The van der Waals surface area contributed by atoms with Crippen molar-refractivity contribution in [1.82, 2.24) is 15.5 Å². The molecule has 1 fully saturated rings. The topological polar surface area (TPSA) is 70.7 Å². The van der Waals surface area contributed by atoms with E-state index in [0.717, 1.165) is 38.4 Å². The van der Waals surface area contributed by atoms with Gasteiger partial charge in [-0.05, 0) is 17.7 Å². The average Bonchev–Trinajstić information content (AvgIpc) is 2.75. The molecule has 148 valence electrons. The van der Waals surface area contributed by atoms with E-state index in [1.165, 1.54) is 0 Å². The monoisotopic (exact) mass is 381 g/mol. The number of nitrogens with zero attached hydrogens (tertiary/aromatic N) is 1. The first kappa shape index (κ1) is 20.0. The average molecular weight is 381 g/mol. The SMILES string of the molecule is O=C(C[C@H](NC(=O)c1ccccc1)c1ccccc1)NCCN1CCOCC1. The van der Waals surface area contributed by atoms with Crippen molar-refractivity contribution in [3.8, 4) is 0 Å². The first-order valence-corrected chi connectivity index (χ1v) is 9.70. The Morgan fingerprint density at radius 1 is 0.964 bits per heavy atom. The zero-order chi connectivity index (χ0) is 19.6. The van der Waals surface area contributed by atoms with Gasteiger partial charge in [0.15, 0.2) is 0 Å². The fraction of sp³-hybridized carbons (Fsp3) is 0.364. The Kier molecular flexibility index (Phi) is 7.58. The summed E-state index contributed by atoms with van der Waals surface area (Å²) >= 11 is 0. The van der Waals surface area contributed by atoms with Gasteiger partial charge in [-0.1, -0.05) is 48.5 Å². The molecule has 1 atom stereocenters. The summed E-state index contributed by atoms with van der Waals surface area (Å²) in [5.41, 5.74) is 1.49. The van der Waals surface area contributed by atoms with E-state index in [0.29, 0.717) is 12.1 Å². The number of morpholine rings is 1. The molecule has 28 heavy (non-hydrogen) atoms. The molecule has 2 aromatic rings. The highest BCUT2D eigenvalue weighted by atomic mass is 16.5. The summed E-state index contributed by atoms with van der Waals surface area (Å²) in [7, 11) is 0. The number of ether oxygens (including phenoxy) is 1. The normalized spacial score (nSPS) is 15.6. The Morgan fingerprint density at radius 2 is 1.61 bits per heavy atom. The zero-order valence-corrected chi connectivity index (χ0v) is 16.0. The second-order valence-corrected chi connectivity index (χ2v) is 6.81. The molecule has 1 heterocycles. The van der Waals surface area contributed by atoms with E-state index in [1.807, 2.05) is 48.5 Å². The lowest BCUT2D eigenvalue weighted by molar-refractivity contribution is -0.121. The van der Waals surface area contributed by atoms with Gasteiger partial charge in [-0.3, -0.25) is 14.5 Å². The molecule has 2 aromatic carbocycles. The lowest BCUT2D eigenvalue weighted by Crippen LogP contribution is -2.42. The van der Waals surface area contributed by atoms with Crippen LogP contribution >= 0.6 is 0 Å². The minimum Gasteiger partial charge on any atom is -0.379 e. The van der Waals surface area contributed by atoms with Crippen molar-refractivity contribution in [1.29, 1.82) is 0 Å². The van der Waals surface area contributed by atoms with E-state index in [2.05, 4.69) is 15.5 Å². The summed E-state index contributed by atoms with van der Waals surface area (Å²) in [5.74, 6) is -0.258. The molecule has 2 amide bonds. The van der Waals surface area contributed by atoms with Crippen molar-refractivity contribution in [3.63, 3.8) is 0 Å². The third-order valence-corrected chi connectivity index (χ3v) is 4.79. The number of carbonyl (C=O) groups excluding carboxylic acids is 2. The highest BCUT2D eigenvalue weighted by molar-refractivity contribution is 5.94. The molecule has 0 aromatic heterocycles. The standard InChI is InChI=1S/C22H27N3O3/c26-21(23-11-12-25-13-15-28-16-14-25)17-20(18-7-3-1-4-8-18)24-22(27)19-9-5-2-6-10-19/h1-10,20H,11-17H2,(H,23,26)(H,24,27)/t20-/m0/s1. The maximum atomic E-state index is 12.6. The van der Waals surface area contributed by atoms with E-state index in [9.17, 15) is 9.59 Å². The van der Waals surface area contributed by atoms with Gasteiger partial charge in [0.05, 0.1) is 25.7 Å². The van der Waals surface area contributed by atoms with Gasteiger partial charge in [-0.2, -0.15) is 0 Å². The minimum atomic E-state index is -0.378. The Labute approximate surface area is 165 Å². The Balaban J connectivity index is 1.56. The van der Waals surface area contributed by atoms with Gasteiger partial charge in [0.2, 0.25) is 5.91 Å². The molecule has 0 radical (unpaired) electrons. The molecule has 0 aliphatic carbocycles. The fourth-order valence-corrected chi connectivity index (χ4v) is 3.20. The van der Waals surface area contributed by atoms with Crippen LogP contribution in [0, 0.1) is 0 Å². The van der Waals surface area contributed by atoms with Gasteiger partial charge in [0, 0.05) is 31.7 Å². The van der Waals surface area contributed by atoms with Gasteiger partial charge in [-0.15, -0.1) is 0 Å². The first-order chi connectivity index (χ1) is 13.7. The first-order valence-electron chi connectivity index (χ1n) is 9.70. The summed E-state index contributed by atoms with van der Waals surface area (Å²) in [6, 6.07) is 18.3. The number of carbonyl (C=O) groups is 2. The third kappa shape index (κ3) is 6.18. The molecule has 6 nitrogen and oxygen atoms in total. The molecule has 0 saturated carbocycles. The predicted octanol–water partition coefficient (Wildman–Crippen LogP) is 2.00. The van der Waals surface area contributed by atoms with E-state index < -0.39 is 0 Å². The molecule has 6 heteroatoms. The highest BCUT2D eigenvalue weighted by Gasteiger charge is 2.19. The van der Waals surface area contributed by atoms with E-state index in [4.69, 9.17) is 4.74 Å². The van der Waals surface area contributed by atoms with Crippen LogP contribution in [-0.4, -0.2) is 56.1 Å². The lowest BCUT2D eigenvalue weighted by Gasteiger charge is -2.26. The quantitative estimate of drug-likeness (QED) is 0.734. The fourth-order valence-electron chi connectivity index (χ4n) is 3.20. The molecule has 2 N–H and O–H groups in total. The van der Waals surface area contributed by atoms with Crippen LogP contribution in [0.15, 0.2) is 60.7 Å². The van der Waals surface area contributed by atoms with Crippen molar-refractivity contribution in [3.05, 3.63) is 71.8 Å². The van der Waals surface area contributed by atoms with Crippen LogP contribution in [0.4, 0.5) is 0 Å². The van der Waals surface area contributed by atoms with Crippen LogP contribution in [0.1, 0.15) is 28.4 Å². The Bertz CT molecular complexity index is 746. The Hall–Kier alpha value is -2.70. The van der Waals surface area contributed by atoms with E-state index >= 15 is 0 Å². The molecular weight excluding hydrogens is 354 g/mol. The smallest absolute Gasteiger partial charge is 0.251 e. The minimum absolute atomic E-state index is 0.0736. The summed E-state index contributed by atoms with van der Waals surface area (Å²) in [4.78, 5) is 27.3. The summed E-state index contributed by atoms with van der Waals surface area (Å²) in [5, 5.41) is 5.96. The number of hydrogen-bond acceptors (Lipinski definition) is 4. The van der Waals surface area contributed by atoms with Crippen molar-refractivity contribution in [2.75, 3.05) is 39.4 Å². The van der Waals surface area contributed by atoms with Crippen molar-refractivity contribution >= 4 is 11.8 Å². The van der Waals surface area contributed by atoms with E-state index in [-0.39, 0.29) is 24.3 Å². The van der Waals surface area contributed by atoms with Crippen LogP contribution in [0.25, 0.3) is 0 Å². The molecule has 1 aliphatic rings. The third-order valence-electron chi connectivity index (χ3n) is 4.79. The highest BCUT2D eigenvalue weighted by Crippen LogP contribution is 2.17. The summed E-state index contributed by atoms with van der Waals surface area (Å²) < 4.78 is 5.33. The van der Waals surface area contributed by atoms with Gasteiger partial charge in [-0.25, -0.2) is 0 Å². The zero-order valence-electron chi connectivity index (χ0n) is 16.0. The molecule has 0 bridgehead atoms. The van der Waals surface area contributed by atoms with Gasteiger partial charge in [0.1, 0.15) is 0 Å². The predicted molar refractivity (Wildman–Crippen MR) is 108 cm³/mol. The maximum absolute atomic E-state index is 12.6. The maximum Gasteiger partial charge on any atom is 0.251 e. The number of amides is 2. The van der Waals surface area contributed by atoms with Crippen LogP contribution < -0.4 is 10.6 Å². The van der Waals surface area contributed by atoms with Gasteiger partial charge < -0.3 is 15.4 Å². The summed E-state index contributed by atoms with van der Waals surface area (Å²) in [6.07, 6.45) is 0.200. The van der Waals surface area contributed by atoms with Crippen LogP contribution in [0.3, 0.4) is 0 Å². The molecular formula is C22H27N3O3. The summed E-state index contributed by atoms with van der Waals surface area (Å²) in [6.45, 7) is 4.69. The molecule has 3 rings (SSSR count). The van der Waals surface area contributed by atoms with E-state index in [1.54, 1.807) is 12.1 Å². The molecule has 1 saturated heterocycles. The van der Waals surface area contributed by atoms with Crippen LogP contribution in [0.5, 0.6) is 0 Å². The molecule has 1 aliphatic heterocycles. The van der Waals surface area contributed by atoms with Crippen LogP contribution in [-0.2, 0) is 9.53 Å². The van der Waals surface area contributed by atoms with Gasteiger partial charge >= 0.3 is 0 Å². The molecule has 0 unspecified atom stereocenters. The van der Waals surface area contributed by atoms with Crippen molar-refractivity contribution in [2.24, 2.45) is 0 Å². The van der Waals surface area contributed by atoms with Gasteiger partial charge in [0.25, 0.3) is 5.91 Å². The second-order valence-electron chi connectivity index (χ2n) is 6.81. The number of rotatable bonds is 8. The number of benzene rings is 2.